The van der Waals surface area contributed by atoms with E-state index in [1.807, 2.05) is 19.1 Å². The van der Waals surface area contributed by atoms with E-state index in [2.05, 4.69) is 24.8 Å². The van der Waals surface area contributed by atoms with Crippen LogP contribution in [0.5, 0.6) is 5.88 Å². The van der Waals surface area contributed by atoms with Gasteiger partial charge in [0.15, 0.2) is 5.65 Å². The summed E-state index contributed by atoms with van der Waals surface area (Å²) in [6.45, 7) is 3.02. The molecule has 26 heavy (non-hydrogen) atoms. The van der Waals surface area contributed by atoms with E-state index in [9.17, 15) is 4.39 Å². The minimum Gasteiger partial charge on any atom is -0.476 e. The van der Waals surface area contributed by atoms with E-state index >= 15 is 0 Å². The van der Waals surface area contributed by atoms with Gasteiger partial charge < -0.3 is 20.4 Å². The molecule has 0 aromatic carbocycles. The molecule has 0 saturated carbocycles. The first kappa shape index (κ1) is 16.7. The second-order valence-electron chi connectivity index (χ2n) is 6.63. The van der Waals surface area contributed by atoms with Gasteiger partial charge >= 0.3 is 0 Å². The molecule has 7 nitrogen and oxygen atoms in total. The maximum atomic E-state index is 13.9. The van der Waals surface area contributed by atoms with Gasteiger partial charge in [-0.15, -0.1) is 0 Å². The van der Waals surface area contributed by atoms with Crippen LogP contribution in [0.15, 0.2) is 30.7 Å². The van der Waals surface area contributed by atoms with E-state index in [4.69, 9.17) is 10.5 Å². The Balaban J connectivity index is 1.68. The molecule has 136 valence electrons. The van der Waals surface area contributed by atoms with E-state index < -0.39 is 0 Å². The summed E-state index contributed by atoms with van der Waals surface area (Å²) in [7, 11) is 0. The summed E-state index contributed by atoms with van der Waals surface area (Å²) in [5.41, 5.74) is 8.06. The third-order valence-corrected chi connectivity index (χ3v) is 4.50. The highest BCUT2D eigenvalue weighted by Gasteiger charge is 2.30. The van der Waals surface area contributed by atoms with E-state index in [0.29, 0.717) is 12.5 Å². The van der Waals surface area contributed by atoms with Crippen LogP contribution in [-0.2, 0) is 0 Å². The lowest BCUT2D eigenvalue weighted by molar-refractivity contribution is 0.279. The SMILES string of the molecule is C[C@H](N)COc1ncc(F)cc1C1CCCN1c1ccc2nc[nH]c2n1. The largest absolute Gasteiger partial charge is 0.476 e. The smallest absolute Gasteiger partial charge is 0.218 e. The summed E-state index contributed by atoms with van der Waals surface area (Å²) in [5, 5.41) is 0. The molecule has 8 heteroatoms. The average Bonchev–Trinajstić information content (AvgIpc) is 3.28. The number of ether oxygens (including phenoxy) is 1. The number of nitrogens with zero attached hydrogens (tertiary/aromatic N) is 4. The van der Waals surface area contributed by atoms with Crippen molar-refractivity contribution in [1.29, 1.82) is 0 Å². The first-order valence-corrected chi connectivity index (χ1v) is 8.72. The van der Waals surface area contributed by atoms with Crippen molar-refractivity contribution in [2.24, 2.45) is 5.73 Å². The molecule has 0 amide bonds. The predicted molar refractivity (Wildman–Crippen MR) is 96.5 cm³/mol. The number of fused-ring (bicyclic) bond motifs is 1. The molecule has 3 aromatic heterocycles. The molecule has 2 atom stereocenters. The lowest BCUT2D eigenvalue weighted by Gasteiger charge is -2.27. The fraction of sp³-hybridized carbons (Fsp3) is 0.389. The Morgan fingerprint density at radius 1 is 1.42 bits per heavy atom. The zero-order valence-electron chi connectivity index (χ0n) is 14.5. The zero-order valence-corrected chi connectivity index (χ0v) is 14.5. The third kappa shape index (κ3) is 3.20. The van der Waals surface area contributed by atoms with Crippen molar-refractivity contribution in [2.45, 2.75) is 31.8 Å². The Morgan fingerprint density at radius 3 is 3.15 bits per heavy atom. The van der Waals surface area contributed by atoms with Crippen LogP contribution in [0.4, 0.5) is 10.2 Å². The highest BCUT2D eigenvalue weighted by molar-refractivity contribution is 5.72. The van der Waals surface area contributed by atoms with Crippen LogP contribution >= 0.6 is 0 Å². The van der Waals surface area contributed by atoms with Gasteiger partial charge in [-0.2, -0.15) is 0 Å². The van der Waals surface area contributed by atoms with Crippen molar-refractivity contribution in [3.8, 4) is 5.88 Å². The number of imidazole rings is 1. The van der Waals surface area contributed by atoms with Gasteiger partial charge in [0.05, 0.1) is 18.6 Å². The second kappa shape index (κ2) is 6.87. The number of aromatic amines is 1. The molecule has 3 aromatic rings. The summed E-state index contributed by atoms with van der Waals surface area (Å²) in [4.78, 5) is 18.2. The second-order valence-corrected chi connectivity index (χ2v) is 6.63. The fourth-order valence-corrected chi connectivity index (χ4v) is 3.35. The van der Waals surface area contributed by atoms with Gasteiger partial charge in [-0.3, -0.25) is 0 Å². The highest BCUT2D eigenvalue weighted by Crippen LogP contribution is 2.39. The minimum atomic E-state index is -0.378. The first-order chi connectivity index (χ1) is 12.6. The minimum absolute atomic E-state index is 0.0471. The molecule has 1 saturated heterocycles. The van der Waals surface area contributed by atoms with Crippen molar-refractivity contribution in [1.82, 2.24) is 19.9 Å². The number of hydrogen-bond donors (Lipinski definition) is 2. The maximum absolute atomic E-state index is 13.9. The van der Waals surface area contributed by atoms with Crippen LogP contribution in [0.2, 0.25) is 0 Å². The van der Waals surface area contributed by atoms with Crippen LogP contribution < -0.4 is 15.4 Å². The van der Waals surface area contributed by atoms with Gasteiger partial charge in [-0.1, -0.05) is 0 Å². The summed E-state index contributed by atoms with van der Waals surface area (Å²) in [6.07, 6.45) is 4.66. The summed E-state index contributed by atoms with van der Waals surface area (Å²) in [6, 6.07) is 5.20. The van der Waals surface area contributed by atoms with Crippen molar-refractivity contribution >= 4 is 17.0 Å². The quantitative estimate of drug-likeness (QED) is 0.730. The Hall–Kier alpha value is -2.74. The molecular formula is C18H21FN6O. The molecule has 0 radical (unpaired) electrons. The molecule has 1 unspecified atom stereocenters. The van der Waals surface area contributed by atoms with Gasteiger partial charge in [0.1, 0.15) is 23.8 Å². The Labute approximate surface area is 150 Å². The Kier molecular flexibility index (Phi) is 4.42. The maximum Gasteiger partial charge on any atom is 0.218 e. The van der Waals surface area contributed by atoms with Crippen molar-refractivity contribution in [2.75, 3.05) is 18.1 Å². The predicted octanol–water partition coefficient (Wildman–Crippen LogP) is 2.56. The van der Waals surface area contributed by atoms with Crippen LogP contribution in [0.3, 0.4) is 0 Å². The molecule has 0 bridgehead atoms. The van der Waals surface area contributed by atoms with Gasteiger partial charge in [-0.05, 0) is 38.0 Å². The molecule has 4 heterocycles. The summed E-state index contributed by atoms with van der Waals surface area (Å²) < 4.78 is 19.6. The summed E-state index contributed by atoms with van der Waals surface area (Å²) >= 11 is 0. The highest BCUT2D eigenvalue weighted by atomic mass is 19.1. The van der Waals surface area contributed by atoms with Gasteiger partial charge in [0.25, 0.3) is 0 Å². The zero-order chi connectivity index (χ0) is 18.1. The molecule has 0 spiro atoms. The van der Waals surface area contributed by atoms with Crippen LogP contribution in [-0.4, -0.2) is 39.1 Å². The number of nitrogens with two attached hydrogens (primary N) is 1. The van der Waals surface area contributed by atoms with Crippen molar-refractivity contribution < 1.29 is 9.13 Å². The lowest BCUT2D eigenvalue weighted by atomic mass is 10.1. The normalized spacial score (nSPS) is 18.4. The number of halogens is 1. The van der Waals surface area contributed by atoms with E-state index in [-0.39, 0.29) is 17.9 Å². The number of rotatable bonds is 5. The van der Waals surface area contributed by atoms with E-state index in [1.165, 1.54) is 12.3 Å². The van der Waals surface area contributed by atoms with E-state index in [0.717, 1.165) is 41.9 Å². The number of hydrogen-bond acceptors (Lipinski definition) is 6. The van der Waals surface area contributed by atoms with Gasteiger partial charge in [0, 0.05) is 18.2 Å². The molecule has 3 N–H and O–H groups in total. The molecule has 1 aliphatic rings. The molecular weight excluding hydrogens is 335 g/mol. The molecule has 1 aliphatic heterocycles. The third-order valence-electron chi connectivity index (χ3n) is 4.50. The van der Waals surface area contributed by atoms with E-state index in [1.54, 1.807) is 6.33 Å². The molecule has 4 rings (SSSR count). The number of pyridine rings is 2. The number of aromatic nitrogens is 4. The number of anilines is 1. The number of nitrogens with one attached hydrogen (secondary N) is 1. The topological polar surface area (TPSA) is 93.0 Å². The average molecular weight is 356 g/mol. The van der Waals surface area contributed by atoms with Gasteiger partial charge in [0.2, 0.25) is 5.88 Å². The lowest BCUT2D eigenvalue weighted by Crippen LogP contribution is -2.27. The molecule has 1 fully saturated rings. The number of H-pyrrole nitrogens is 1. The fourth-order valence-electron chi connectivity index (χ4n) is 3.35. The van der Waals surface area contributed by atoms with Gasteiger partial charge in [-0.25, -0.2) is 19.3 Å². The summed E-state index contributed by atoms with van der Waals surface area (Å²) in [5.74, 6) is 0.881. The van der Waals surface area contributed by atoms with Crippen LogP contribution in [0.1, 0.15) is 31.4 Å². The monoisotopic (exact) mass is 356 g/mol. The Morgan fingerprint density at radius 2 is 2.31 bits per heavy atom. The van der Waals surface area contributed by atoms with Crippen molar-refractivity contribution in [3.63, 3.8) is 0 Å². The van der Waals surface area contributed by atoms with Crippen LogP contribution in [0, 0.1) is 5.82 Å². The van der Waals surface area contributed by atoms with Crippen LogP contribution in [0.25, 0.3) is 11.2 Å². The molecule has 0 aliphatic carbocycles. The first-order valence-electron chi connectivity index (χ1n) is 8.72. The standard InChI is InChI=1S/C18H21FN6O/c1-11(20)9-26-18-13(7-12(19)8-21-18)15-3-2-6-25(15)16-5-4-14-17(24-16)23-10-22-14/h4-5,7-8,10-11,15H,2-3,6,9,20H2,1H3,(H,22,23,24)/t11-,15?/m0/s1. The Bertz CT molecular complexity index is 912. The van der Waals surface area contributed by atoms with Crippen molar-refractivity contribution in [3.05, 3.63) is 42.1 Å².